The van der Waals surface area contributed by atoms with E-state index < -0.39 is 0 Å². The number of hydrogen-bond donors (Lipinski definition) is 0. The molecule has 0 N–H and O–H groups in total. The summed E-state index contributed by atoms with van der Waals surface area (Å²) in [6.07, 6.45) is 2.42. The van der Waals surface area contributed by atoms with Crippen molar-refractivity contribution in [2.45, 2.75) is 18.8 Å². The van der Waals surface area contributed by atoms with Crippen molar-refractivity contribution in [2.75, 3.05) is 7.11 Å². The highest BCUT2D eigenvalue weighted by molar-refractivity contribution is 9.10. The highest BCUT2D eigenvalue weighted by Gasteiger charge is 2.27. The van der Waals surface area contributed by atoms with Gasteiger partial charge in [-0.1, -0.05) is 0 Å². The van der Waals surface area contributed by atoms with Crippen LogP contribution in [0.4, 0.5) is 0 Å². The second kappa shape index (κ2) is 3.01. The number of hydrogen-bond acceptors (Lipinski definition) is 3. The Morgan fingerprint density at radius 3 is 2.83 bits per heavy atom. The van der Waals surface area contributed by atoms with Crippen LogP contribution in [0.25, 0.3) is 0 Å². The average molecular weight is 229 g/mol. The van der Waals surface area contributed by atoms with Gasteiger partial charge >= 0.3 is 0 Å². The highest BCUT2D eigenvalue weighted by atomic mass is 79.9. The summed E-state index contributed by atoms with van der Waals surface area (Å²) >= 11 is 3.32. The summed E-state index contributed by atoms with van der Waals surface area (Å²) in [4.78, 5) is 8.52. The van der Waals surface area contributed by atoms with E-state index in [9.17, 15) is 0 Å². The van der Waals surface area contributed by atoms with Crippen LogP contribution in [-0.2, 0) is 0 Å². The predicted octanol–water partition coefficient (Wildman–Crippen LogP) is 2.13. The Hall–Kier alpha value is -0.640. The van der Waals surface area contributed by atoms with Gasteiger partial charge in [0.05, 0.1) is 7.11 Å². The van der Waals surface area contributed by atoms with Crippen LogP contribution in [0.2, 0.25) is 0 Å². The molecule has 64 valence electrons. The van der Waals surface area contributed by atoms with E-state index in [1.54, 1.807) is 13.2 Å². The molecule has 0 aromatic carbocycles. The molecule has 1 saturated carbocycles. The first-order valence-corrected chi connectivity index (χ1v) is 4.67. The van der Waals surface area contributed by atoms with Gasteiger partial charge in [0, 0.05) is 12.0 Å². The van der Waals surface area contributed by atoms with Gasteiger partial charge < -0.3 is 4.74 Å². The number of rotatable bonds is 2. The third-order valence-electron chi connectivity index (χ3n) is 1.84. The SMILES string of the molecule is COc1cc(Br)nc(C2CC2)n1. The summed E-state index contributed by atoms with van der Waals surface area (Å²) in [6.45, 7) is 0. The van der Waals surface area contributed by atoms with Crippen molar-refractivity contribution in [1.82, 2.24) is 9.97 Å². The third-order valence-corrected chi connectivity index (χ3v) is 2.25. The molecule has 1 fully saturated rings. The van der Waals surface area contributed by atoms with Crippen LogP contribution in [0.1, 0.15) is 24.6 Å². The van der Waals surface area contributed by atoms with Gasteiger partial charge in [-0.15, -0.1) is 0 Å². The number of methoxy groups -OCH3 is 1. The van der Waals surface area contributed by atoms with E-state index in [4.69, 9.17) is 4.74 Å². The van der Waals surface area contributed by atoms with Gasteiger partial charge in [-0.3, -0.25) is 0 Å². The maximum Gasteiger partial charge on any atom is 0.217 e. The van der Waals surface area contributed by atoms with E-state index >= 15 is 0 Å². The first-order chi connectivity index (χ1) is 5.79. The number of aromatic nitrogens is 2. The largest absolute Gasteiger partial charge is 0.481 e. The Morgan fingerprint density at radius 1 is 1.50 bits per heavy atom. The molecule has 0 amide bonds. The molecule has 0 bridgehead atoms. The molecular formula is C8H9BrN2O. The topological polar surface area (TPSA) is 35.0 Å². The second-order valence-corrected chi connectivity index (χ2v) is 3.68. The minimum Gasteiger partial charge on any atom is -0.481 e. The van der Waals surface area contributed by atoms with Gasteiger partial charge in [-0.25, -0.2) is 4.98 Å². The zero-order chi connectivity index (χ0) is 8.55. The van der Waals surface area contributed by atoms with Crippen molar-refractivity contribution >= 4 is 15.9 Å². The third kappa shape index (κ3) is 1.58. The van der Waals surface area contributed by atoms with Crippen molar-refractivity contribution in [3.8, 4) is 5.88 Å². The lowest BCUT2D eigenvalue weighted by Crippen LogP contribution is -1.96. The molecule has 0 aliphatic heterocycles. The molecule has 1 aliphatic rings. The van der Waals surface area contributed by atoms with E-state index in [0.29, 0.717) is 11.8 Å². The molecule has 0 radical (unpaired) electrons. The predicted molar refractivity (Wildman–Crippen MR) is 48.3 cm³/mol. The molecule has 12 heavy (non-hydrogen) atoms. The zero-order valence-corrected chi connectivity index (χ0v) is 8.34. The lowest BCUT2D eigenvalue weighted by Gasteiger charge is -2.01. The molecule has 1 aliphatic carbocycles. The molecule has 1 heterocycles. The van der Waals surface area contributed by atoms with E-state index in [1.807, 2.05) is 0 Å². The highest BCUT2D eigenvalue weighted by Crippen LogP contribution is 2.38. The maximum atomic E-state index is 5.03. The normalized spacial score (nSPS) is 16.2. The van der Waals surface area contributed by atoms with E-state index in [1.165, 1.54) is 12.8 Å². The molecule has 0 unspecified atom stereocenters. The minimum absolute atomic E-state index is 0.566. The fraction of sp³-hybridized carbons (Fsp3) is 0.500. The molecular weight excluding hydrogens is 220 g/mol. The van der Waals surface area contributed by atoms with E-state index in [0.717, 1.165) is 10.4 Å². The number of halogens is 1. The molecule has 4 heteroatoms. The van der Waals surface area contributed by atoms with Crippen molar-refractivity contribution in [3.05, 3.63) is 16.5 Å². The zero-order valence-electron chi connectivity index (χ0n) is 6.75. The van der Waals surface area contributed by atoms with Crippen LogP contribution in [0.5, 0.6) is 5.88 Å². The van der Waals surface area contributed by atoms with Crippen LogP contribution in [-0.4, -0.2) is 17.1 Å². The molecule has 0 spiro atoms. The van der Waals surface area contributed by atoms with Crippen molar-refractivity contribution < 1.29 is 4.74 Å². The number of nitrogens with zero attached hydrogens (tertiary/aromatic N) is 2. The lowest BCUT2D eigenvalue weighted by atomic mass is 10.4. The molecule has 2 rings (SSSR count). The second-order valence-electron chi connectivity index (χ2n) is 2.87. The van der Waals surface area contributed by atoms with Gasteiger partial charge in [-0.05, 0) is 28.8 Å². The Bertz CT molecular complexity index is 299. The summed E-state index contributed by atoms with van der Waals surface area (Å²) in [5.41, 5.74) is 0. The Labute approximate surface area is 79.3 Å². The van der Waals surface area contributed by atoms with E-state index in [-0.39, 0.29) is 0 Å². The number of ether oxygens (including phenoxy) is 1. The monoisotopic (exact) mass is 228 g/mol. The van der Waals surface area contributed by atoms with E-state index in [2.05, 4.69) is 25.9 Å². The van der Waals surface area contributed by atoms with Crippen LogP contribution in [0, 0.1) is 0 Å². The van der Waals surface area contributed by atoms with Gasteiger partial charge in [-0.2, -0.15) is 4.98 Å². The van der Waals surface area contributed by atoms with Crippen LogP contribution < -0.4 is 4.74 Å². The molecule has 1 aromatic heterocycles. The fourth-order valence-corrected chi connectivity index (χ4v) is 1.42. The summed E-state index contributed by atoms with van der Waals surface area (Å²) in [7, 11) is 1.62. The average Bonchev–Trinajstić information content (AvgIpc) is 2.85. The Balaban J connectivity index is 2.34. The molecule has 1 aromatic rings. The summed E-state index contributed by atoms with van der Waals surface area (Å²) in [6, 6.07) is 1.77. The molecule has 3 nitrogen and oxygen atoms in total. The first kappa shape index (κ1) is 7.98. The fourth-order valence-electron chi connectivity index (χ4n) is 1.04. The van der Waals surface area contributed by atoms with Crippen molar-refractivity contribution in [3.63, 3.8) is 0 Å². The minimum atomic E-state index is 0.566. The quantitative estimate of drug-likeness (QED) is 0.728. The van der Waals surface area contributed by atoms with Gasteiger partial charge in [0.1, 0.15) is 10.4 Å². The van der Waals surface area contributed by atoms with Crippen LogP contribution in [0.15, 0.2) is 10.7 Å². The maximum absolute atomic E-state index is 5.03. The smallest absolute Gasteiger partial charge is 0.217 e. The van der Waals surface area contributed by atoms with Gasteiger partial charge in [0.25, 0.3) is 0 Å². The van der Waals surface area contributed by atoms with Crippen LogP contribution >= 0.6 is 15.9 Å². The molecule has 0 atom stereocenters. The lowest BCUT2D eigenvalue weighted by molar-refractivity contribution is 0.394. The van der Waals surface area contributed by atoms with Gasteiger partial charge in [0.15, 0.2) is 0 Å². The Morgan fingerprint density at radius 2 is 2.25 bits per heavy atom. The van der Waals surface area contributed by atoms with Crippen molar-refractivity contribution in [2.24, 2.45) is 0 Å². The summed E-state index contributed by atoms with van der Waals surface area (Å²) in [5.74, 6) is 2.11. The summed E-state index contributed by atoms with van der Waals surface area (Å²) in [5, 5.41) is 0. The van der Waals surface area contributed by atoms with Gasteiger partial charge in [0.2, 0.25) is 5.88 Å². The molecule has 0 saturated heterocycles. The standard InChI is InChI=1S/C8H9BrN2O/c1-12-7-4-6(9)10-8(11-7)5-2-3-5/h4-5H,2-3H2,1H3. The first-order valence-electron chi connectivity index (χ1n) is 3.88. The summed E-state index contributed by atoms with van der Waals surface area (Å²) < 4.78 is 5.83. The van der Waals surface area contributed by atoms with Crippen molar-refractivity contribution in [1.29, 1.82) is 0 Å². The van der Waals surface area contributed by atoms with Crippen LogP contribution in [0.3, 0.4) is 0 Å². The Kier molecular flexibility index (Phi) is 2.00.